The van der Waals surface area contributed by atoms with Gasteiger partial charge in [0.05, 0.1) is 13.2 Å². The fraction of sp³-hybridized carbons (Fsp3) is 0.800. The lowest BCUT2D eigenvalue weighted by Crippen LogP contribution is -2.51. The molecule has 1 saturated heterocycles. The summed E-state index contributed by atoms with van der Waals surface area (Å²) in [6, 6.07) is -0.976. The summed E-state index contributed by atoms with van der Waals surface area (Å²) in [5, 5.41) is 14.5. The highest BCUT2D eigenvalue weighted by atomic mass is 16.5. The summed E-state index contributed by atoms with van der Waals surface area (Å²) in [4.78, 5) is 24.4. The maximum atomic E-state index is 11.6. The van der Waals surface area contributed by atoms with Crippen molar-refractivity contribution in [2.45, 2.75) is 6.04 Å². The Bertz CT molecular complexity index is 266. The van der Waals surface area contributed by atoms with Crippen LogP contribution in [0.4, 0.5) is 0 Å². The van der Waals surface area contributed by atoms with Crippen LogP contribution in [0, 0.1) is 0 Å². The molecule has 3 N–H and O–H groups in total. The highest BCUT2D eigenvalue weighted by molar-refractivity contribution is 5.84. The smallest absolute Gasteiger partial charge is 0.328 e. The molecule has 1 atom stereocenters. The molecule has 98 valence electrons. The maximum Gasteiger partial charge on any atom is 0.328 e. The number of piperazine rings is 1. The Hall–Kier alpha value is -1.18. The maximum absolute atomic E-state index is 11.6. The van der Waals surface area contributed by atoms with Crippen molar-refractivity contribution in [3.05, 3.63) is 0 Å². The molecule has 7 nitrogen and oxygen atoms in total. The minimum Gasteiger partial charge on any atom is -0.480 e. The second-order valence-electron chi connectivity index (χ2n) is 3.94. The Kier molecular flexibility index (Phi) is 5.88. The molecule has 1 fully saturated rings. The molecule has 1 heterocycles. The van der Waals surface area contributed by atoms with Crippen molar-refractivity contribution in [2.24, 2.45) is 0 Å². The summed E-state index contributed by atoms with van der Waals surface area (Å²) < 4.78 is 4.74. The molecule has 0 spiro atoms. The highest BCUT2D eigenvalue weighted by Crippen LogP contribution is 1.92. The zero-order valence-electron chi connectivity index (χ0n) is 9.94. The van der Waals surface area contributed by atoms with Gasteiger partial charge >= 0.3 is 5.97 Å². The summed E-state index contributed by atoms with van der Waals surface area (Å²) in [6.45, 7) is 3.52. The first-order valence-corrected chi connectivity index (χ1v) is 5.57. The first-order valence-electron chi connectivity index (χ1n) is 5.57. The molecule has 1 unspecified atom stereocenters. The molecule has 0 aromatic carbocycles. The molecule has 17 heavy (non-hydrogen) atoms. The van der Waals surface area contributed by atoms with Crippen molar-refractivity contribution < 1.29 is 19.4 Å². The first-order chi connectivity index (χ1) is 8.13. The summed E-state index contributed by atoms with van der Waals surface area (Å²) in [6.07, 6.45) is 0. The van der Waals surface area contributed by atoms with Crippen LogP contribution in [-0.2, 0) is 14.3 Å². The lowest BCUT2D eigenvalue weighted by molar-refractivity contribution is -0.143. The zero-order chi connectivity index (χ0) is 12.7. The van der Waals surface area contributed by atoms with Crippen LogP contribution < -0.4 is 10.6 Å². The summed E-state index contributed by atoms with van der Waals surface area (Å²) in [7, 11) is 1.40. The Balaban J connectivity index is 2.33. The van der Waals surface area contributed by atoms with Gasteiger partial charge in [0.15, 0.2) is 6.04 Å². The quantitative estimate of drug-likeness (QED) is 0.507. The molecule has 1 rings (SSSR count). The Morgan fingerprint density at radius 1 is 1.47 bits per heavy atom. The van der Waals surface area contributed by atoms with Gasteiger partial charge < -0.3 is 20.5 Å². The molecule has 1 aliphatic heterocycles. The number of hydrogen-bond acceptors (Lipinski definition) is 5. The van der Waals surface area contributed by atoms with Gasteiger partial charge in [0.1, 0.15) is 0 Å². The van der Waals surface area contributed by atoms with Gasteiger partial charge in [-0.15, -0.1) is 0 Å². The van der Waals surface area contributed by atoms with E-state index in [2.05, 4.69) is 10.6 Å². The third kappa shape index (κ3) is 5.12. The van der Waals surface area contributed by atoms with Crippen LogP contribution in [0.3, 0.4) is 0 Å². The SMILES string of the molecule is COCC(NC(=O)CN1CCNCC1)C(=O)O. The third-order valence-corrected chi connectivity index (χ3v) is 2.54. The summed E-state index contributed by atoms with van der Waals surface area (Å²) in [5.41, 5.74) is 0. The molecule has 0 aromatic heterocycles. The standard InChI is InChI=1S/C10H19N3O4/c1-17-7-8(10(15)16)12-9(14)6-13-4-2-11-3-5-13/h8,11H,2-7H2,1H3,(H,12,14)(H,15,16). The summed E-state index contributed by atoms with van der Waals surface area (Å²) in [5.74, 6) is -1.36. The molecule has 0 aromatic rings. The van der Waals surface area contributed by atoms with E-state index in [4.69, 9.17) is 9.84 Å². The number of carboxylic acids is 1. The number of amides is 1. The number of methoxy groups -OCH3 is 1. The van der Waals surface area contributed by atoms with Crippen LogP contribution in [0.15, 0.2) is 0 Å². The number of nitrogens with zero attached hydrogens (tertiary/aromatic N) is 1. The first kappa shape index (κ1) is 13.9. The van der Waals surface area contributed by atoms with Crippen LogP contribution in [0.5, 0.6) is 0 Å². The van der Waals surface area contributed by atoms with E-state index in [9.17, 15) is 9.59 Å². The van der Waals surface area contributed by atoms with Crippen LogP contribution in [0.1, 0.15) is 0 Å². The van der Waals surface area contributed by atoms with Gasteiger partial charge in [0, 0.05) is 33.3 Å². The van der Waals surface area contributed by atoms with E-state index < -0.39 is 12.0 Å². The van der Waals surface area contributed by atoms with Gasteiger partial charge in [-0.05, 0) is 0 Å². The lowest BCUT2D eigenvalue weighted by Gasteiger charge is -2.27. The largest absolute Gasteiger partial charge is 0.480 e. The van der Waals surface area contributed by atoms with Gasteiger partial charge in [-0.1, -0.05) is 0 Å². The normalized spacial score (nSPS) is 18.6. The minimum absolute atomic E-state index is 0.0252. The topological polar surface area (TPSA) is 90.9 Å². The monoisotopic (exact) mass is 245 g/mol. The van der Waals surface area contributed by atoms with Crippen molar-refractivity contribution in [2.75, 3.05) is 46.4 Å². The average molecular weight is 245 g/mol. The second-order valence-corrected chi connectivity index (χ2v) is 3.94. The van der Waals surface area contributed by atoms with Crippen molar-refractivity contribution in [3.8, 4) is 0 Å². The molecule has 1 amide bonds. The van der Waals surface area contributed by atoms with Crippen molar-refractivity contribution in [3.63, 3.8) is 0 Å². The van der Waals surface area contributed by atoms with Crippen molar-refractivity contribution in [1.82, 2.24) is 15.5 Å². The van der Waals surface area contributed by atoms with Gasteiger partial charge in [0.25, 0.3) is 0 Å². The molecule has 7 heteroatoms. The molecule has 0 bridgehead atoms. The number of ether oxygens (including phenoxy) is 1. The van der Waals surface area contributed by atoms with Crippen LogP contribution in [0.25, 0.3) is 0 Å². The Labute approximate surface area is 100 Å². The Morgan fingerprint density at radius 3 is 2.65 bits per heavy atom. The minimum atomic E-state index is -1.08. The molecule has 0 aliphatic carbocycles. The van der Waals surface area contributed by atoms with E-state index in [-0.39, 0.29) is 19.1 Å². The van der Waals surface area contributed by atoms with Crippen LogP contribution in [0.2, 0.25) is 0 Å². The molecule has 1 aliphatic rings. The van der Waals surface area contributed by atoms with Crippen molar-refractivity contribution >= 4 is 11.9 Å². The summed E-state index contributed by atoms with van der Waals surface area (Å²) >= 11 is 0. The van der Waals surface area contributed by atoms with Crippen LogP contribution in [-0.4, -0.2) is 74.4 Å². The lowest BCUT2D eigenvalue weighted by atomic mass is 10.3. The van der Waals surface area contributed by atoms with E-state index in [0.717, 1.165) is 26.2 Å². The number of aliphatic carboxylic acids is 1. The fourth-order valence-electron chi connectivity index (χ4n) is 1.65. The van der Waals surface area contributed by atoms with Crippen LogP contribution >= 0.6 is 0 Å². The van der Waals surface area contributed by atoms with E-state index in [1.165, 1.54) is 7.11 Å². The Morgan fingerprint density at radius 2 is 2.12 bits per heavy atom. The predicted octanol–water partition coefficient (Wildman–Crippen LogP) is -1.89. The number of carboxylic acid groups (broad SMARTS) is 1. The van der Waals surface area contributed by atoms with Gasteiger partial charge in [-0.2, -0.15) is 0 Å². The molecular formula is C10H19N3O4. The zero-order valence-corrected chi connectivity index (χ0v) is 9.94. The molecule has 0 radical (unpaired) electrons. The van der Waals surface area contributed by atoms with Gasteiger partial charge in [-0.25, -0.2) is 4.79 Å². The third-order valence-electron chi connectivity index (χ3n) is 2.54. The van der Waals surface area contributed by atoms with E-state index in [1.54, 1.807) is 0 Å². The number of carbonyl (C=O) groups excluding carboxylic acids is 1. The number of hydrogen-bond donors (Lipinski definition) is 3. The second kappa shape index (κ2) is 7.21. The predicted molar refractivity (Wildman–Crippen MR) is 60.8 cm³/mol. The van der Waals surface area contributed by atoms with E-state index in [1.807, 2.05) is 4.90 Å². The van der Waals surface area contributed by atoms with Gasteiger partial charge in [0.2, 0.25) is 5.91 Å². The molecule has 0 saturated carbocycles. The van der Waals surface area contributed by atoms with Gasteiger partial charge in [-0.3, -0.25) is 9.69 Å². The van der Waals surface area contributed by atoms with E-state index >= 15 is 0 Å². The highest BCUT2D eigenvalue weighted by Gasteiger charge is 2.21. The number of carbonyl (C=O) groups is 2. The fourth-order valence-corrected chi connectivity index (χ4v) is 1.65. The number of nitrogens with one attached hydrogen (secondary N) is 2. The van der Waals surface area contributed by atoms with E-state index in [0.29, 0.717) is 0 Å². The number of rotatable bonds is 6. The average Bonchev–Trinajstić information content (AvgIpc) is 2.29. The molecular weight excluding hydrogens is 226 g/mol. The van der Waals surface area contributed by atoms with Crippen molar-refractivity contribution in [1.29, 1.82) is 0 Å².